The van der Waals surface area contributed by atoms with Crippen molar-refractivity contribution in [1.82, 2.24) is 4.72 Å². The molecule has 0 bridgehead atoms. The molecule has 0 radical (unpaired) electrons. The second-order valence-corrected chi connectivity index (χ2v) is 7.25. The Kier molecular flexibility index (Phi) is 4.09. The van der Waals surface area contributed by atoms with Crippen LogP contribution in [-0.2, 0) is 24.7 Å². The summed E-state index contributed by atoms with van der Waals surface area (Å²) in [5.74, 6) is -1.34. The van der Waals surface area contributed by atoms with E-state index in [2.05, 4.69) is 0 Å². The fraction of sp³-hybridized carbons (Fsp3) is 0.222. The van der Waals surface area contributed by atoms with Gasteiger partial charge in [0.25, 0.3) is 0 Å². The molecule has 0 aliphatic carbocycles. The summed E-state index contributed by atoms with van der Waals surface area (Å²) < 4.78 is 47.7. The lowest BCUT2D eigenvalue weighted by atomic mass is 10.4. The first kappa shape index (κ1) is 14.6. The maximum Gasteiger partial charge on any atom is 0.318 e. The van der Waals surface area contributed by atoms with Crippen LogP contribution in [0.1, 0.15) is 0 Å². The Labute approximate surface area is 104 Å². The van der Waals surface area contributed by atoms with E-state index in [-0.39, 0.29) is 9.79 Å². The maximum absolute atomic E-state index is 11.6. The summed E-state index contributed by atoms with van der Waals surface area (Å²) >= 11 is 0. The van der Waals surface area contributed by atoms with Crippen LogP contribution in [0.4, 0.5) is 0 Å². The van der Waals surface area contributed by atoms with Crippen molar-refractivity contribution in [3.8, 4) is 0 Å². The molecule has 18 heavy (non-hydrogen) atoms. The van der Waals surface area contributed by atoms with Crippen LogP contribution >= 0.6 is 0 Å². The molecule has 1 rings (SSSR count). The van der Waals surface area contributed by atoms with Gasteiger partial charge in [-0.1, -0.05) is 6.07 Å². The van der Waals surface area contributed by atoms with Crippen molar-refractivity contribution >= 4 is 25.8 Å². The predicted octanol–water partition coefficient (Wildman–Crippen LogP) is -0.547. The van der Waals surface area contributed by atoms with Crippen molar-refractivity contribution in [2.24, 2.45) is 0 Å². The van der Waals surface area contributed by atoms with Crippen molar-refractivity contribution in [2.45, 2.75) is 9.79 Å². The van der Waals surface area contributed by atoms with Gasteiger partial charge in [0.15, 0.2) is 9.84 Å². The molecule has 2 N–H and O–H groups in total. The molecule has 0 aliphatic rings. The lowest BCUT2D eigenvalue weighted by molar-refractivity contribution is -0.135. The summed E-state index contributed by atoms with van der Waals surface area (Å²) in [7, 11) is -7.56. The molecule has 0 aliphatic heterocycles. The van der Waals surface area contributed by atoms with Gasteiger partial charge in [0, 0.05) is 6.26 Å². The molecule has 1 aromatic rings. The van der Waals surface area contributed by atoms with Crippen molar-refractivity contribution in [3.63, 3.8) is 0 Å². The maximum atomic E-state index is 11.6. The highest BCUT2D eigenvalue weighted by molar-refractivity contribution is 7.91. The van der Waals surface area contributed by atoms with E-state index in [0.29, 0.717) is 0 Å². The molecule has 1 aromatic carbocycles. The zero-order valence-corrected chi connectivity index (χ0v) is 11.0. The smallest absolute Gasteiger partial charge is 0.318 e. The zero-order chi connectivity index (χ0) is 14.0. The summed E-state index contributed by atoms with van der Waals surface area (Å²) in [6.45, 7) is -0.772. The predicted molar refractivity (Wildman–Crippen MR) is 62.4 cm³/mol. The van der Waals surface area contributed by atoms with E-state index in [1.54, 1.807) is 0 Å². The van der Waals surface area contributed by atoms with E-state index in [1.807, 2.05) is 4.72 Å². The van der Waals surface area contributed by atoms with Crippen LogP contribution in [0, 0.1) is 0 Å². The first-order valence-electron chi connectivity index (χ1n) is 4.64. The van der Waals surface area contributed by atoms with Crippen LogP contribution in [0.5, 0.6) is 0 Å². The Morgan fingerprint density at radius 3 is 2.28 bits per heavy atom. The standard InChI is InChI=1S/C9H11NO6S2/c1-17(13,14)7-3-2-4-8(5-7)18(15,16)10-6-9(11)12/h2-5,10H,6H2,1H3,(H,11,12). The first-order chi connectivity index (χ1) is 8.13. The van der Waals surface area contributed by atoms with Gasteiger partial charge in [0.1, 0.15) is 6.54 Å². The minimum absolute atomic E-state index is 0.152. The van der Waals surface area contributed by atoms with Crippen LogP contribution in [0.25, 0.3) is 0 Å². The zero-order valence-electron chi connectivity index (χ0n) is 9.32. The summed E-state index contributed by atoms with van der Waals surface area (Å²) in [6, 6.07) is 4.68. The normalized spacial score (nSPS) is 12.3. The van der Waals surface area contributed by atoms with Gasteiger partial charge < -0.3 is 5.11 Å². The van der Waals surface area contributed by atoms with Gasteiger partial charge in [0.05, 0.1) is 9.79 Å². The monoisotopic (exact) mass is 293 g/mol. The molecular weight excluding hydrogens is 282 g/mol. The van der Waals surface area contributed by atoms with Gasteiger partial charge >= 0.3 is 5.97 Å². The molecule has 100 valence electrons. The molecule has 0 amide bonds. The lowest BCUT2D eigenvalue weighted by Crippen LogP contribution is -2.29. The Balaban J connectivity index is 3.15. The molecule has 9 heteroatoms. The van der Waals surface area contributed by atoms with Crippen molar-refractivity contribution in [1.29, 1.82) is 0 Å². The highest BCUT2D eigenvalue weighted by Gasteiger charge is 2.17. The summed E-state index contributed by atoms with van der Waals surface area (Å²) in [6.07, 6.45) is 0.948. The number of sulfonamides is 1. The number of carboxylic acid groups (broad SMARTS) is 1. The number of benzene rings is 1. The van der Waals surface area contributed by atoms with E-state index < -0.39 is 32.4 Å². The highest BCUT2D eigenvalue weighted by atomic mass is 32.2. The quantitative estimate of drug-likeness (QED) is 0.752. The number of carbonyl (C=O) groups is 1. The third-order valence-corrected chi connectivity index (χ3v) is 4.47. The van der Waals surface area contributed by atoms with Gasteiger partial charge in [-0.3, -0.25) is 4.79 Å². The van der Waals surface area contributed by atoms with Crippen LogP contribution in [0.2, 0.25) is 0 Å². The van der Waals surface area contributed by atoms with Gasteiger partial charge in [0.2, 0.25) is 10.0 Å². The van der Waals surface area contributed by atoms with Gasteiger partial charge in [-0.05, 0) is 18.2 Å². The van der Waals surface area contributed by atoms with Gasteiger partial charge in [-0.2, -0.15) is 4.72 Å². The molecule has 7 nitrogen and oxygen atoms in total. The Hall–Kier alpha value is -1.45. The molecule has 0 fully saturated rings. The third-order valence-electron chi connectivity index (χ3n) is 1.96. The molecular formula is C9H11NO6S2. The topological polar surface area (TPSA) is 118 Å². The third kappa shape index (κ3) is 3.79. The van der Waals surface area contributed by atoms with Gasteiger partial charge in [-0.25, -0.2) is 16.8 Å². The number of aliphatic carboxylic acids is 1. The number of nitrogens with one attached hydrogen (secondary N) is 1. The molecule has 0 saturated carbocycles. The van der Waals surface area contributed by atoms with E-state index in [1.165, 1.54) is 18.2 Å². The Morgan fingerprint density at radius 2 is 1.78 bits per heavy atom. The van der Waals surface area contributed by atoms with E-state index in [4.69, 9.17) is 5.11 Å². The summed E-state index contributed by atoms with van der Waals surface area (Å²) in [5, 5.41) is 8.38. The minimum Gasteiger partial charge on any atom is -0.480 e. The first-order valence-corrected chi connectivity index (χ1v) is 8.02. The van der Waals surface area contributed by atoms with Crippen LogP contribution in [0.3, 0.4) is 0 Å². The van der Waals surface area contributed by atoms with Crippen LogP contribution in [0.15, 0.2) is 34.1 Å². The number of rotatable bonds is 5. The number of sulfone groups is 1. The molecule has 0 spiro atoms. The van der Waals surface area contributed by atoms with Crippen LogP contribution in [-0.4, -0.2) is 40.7 Å². The minimum atomic E-state index is -4.03. The number of hydrogen-bond acceptors (Lipinski definition) is 5. The number of hydrogen-bond donors (Lipinski definition) is 2. The van der Waals surface area contributed by atoms with Crippen molar-refractivity contribution < 1.29 is 26.7 Å². The fourth-order valence-electron chi connectivity index (χ4n) is 1.11. The summed E-state index contributed by atoms with van der Waals surface area (Å²) in [5.41, 5.74) is 0. The molecule has 0 heterocycles. The molecule has 0 atom stereocenters. The second-order valence-electron chi connectivity index (χ2n) is 3.47. The van der Waals surface area contributed by atoms with E-state index in [0.717, 1.165) is 12.3 Å². The Morgan fingerprint density at radius 1 is 1.22 bits per heavy atom. The van der Waals surface area contributed by atoms with Crippen molar-refractivity contribution in [2.75, 3.05) is 12.8 Å². The van der Waals surface area contributed by atoms with E-state index in [9.17, 15) is 21.6 Å². The second kappa shape index (κ2) is 5.04. The van der Waals surface area contributed by atoms with Crippen molar-refractivity contribution in [3.05, 3.63) is 24.3 Å². The molecule has 0 aromatic heterocycles. The SMILES string of the molecule is CS(=O)(=O)c1cccc(S(=O)(=O)NCC(=O)O)c1. The average Bonchev–Trinajstić information content (AvgIpc) is 2.26. The van der Waals surface area contributed by atoms with E-state index >= 15 is 0 Å². The summed E-state index contributed by atoms with van der Waals surface area (Å²) in [4.78, 5) is 9.83. The molecule has 0 saturated heterocycles. The number of carboxylic acids is 1. The largest absolute Gasteiger partial charge is 0.480 e. The van der Waals surface area contributed by atoms with Gasteiger partial charge in [-0.15, -0.1) is 0 Å². The Bertz CT molecular complexity index is 662. The average molecular weight is 293 g/mol. The molecule has 0 unspecified atom stereocenters. The lowest BCUT2D eigenvalue weighted by Gasteiger charge is -2.06. The highest BCUT2D eigenvalue weighted by Crippen LogP contribution is 2.15. The van der Waals surface area contributed by atoms with Crippen LogP contribution < -0.4 is 4.72 Å². The fourth-order valence-corrected chi connectivity index (χ4v) is 2.87.